The molecule has 0 N–H and O–H groups in total. The van der Waals surface area contributed by atoms with Crippen LogP contribution in [0, 0.1) is 0 Å². The van der Waals surface area contributed by atoms with Gasteiger partial charge >= 0.3 is 7.12 Å². The van der Waals surface area contributed by atoms with E-state index in [1.807, 2.05) is 65.8 Å². The maximum atomic E-state index is 6.34. The molecule has 2 aliphatic heterocycles. The Morgan fingerprint density at radius 2 is 0.662 bits per heavy atom. The smallest absolute Gasteiger partial charge is 0.399 e. The van der Waals surface area contributed by atoms with Gasteiger partial charge in [-0.25, -0.2) is 0 Å². The molecule has 0 atom stereocenters. The fraction of sp³-hybridized carbons (Fsp3) is 0.229. The van der Waals surface area contributed by atoms with Gasteiger partial charge in [0.25, 0.3) is 6.48 Å². The minimum atomic E-state index is -0.523. The third-order valence-corrected chi connectivity index (χ3v) is 17.8. The van der Waals surface area contributed by atoms with Crippen LogP contribution in [0.25, 0.3) is 75.8 Å². The van der Waals surface area contributed by atoms with Gasteiger partial charge in [-0.3, -0.25) is 0 Å². The van der Waals surface area contributed by atoms with E-state index in [9.17, 15) is 0 Å². The minimum Gasteiger partial charge on any atom is -0.399 e. The highest BCUT2D eigenvalue weighted by molar-refractivity contribution is 9.11. The molecule has 408 valence electrons. The van der Waals surface area contributed by atoms with Crippen LogP contribution < -0.4 is 5.46 Å². The maximum absolute atomic E-state index is 6.34. The van der Waals surface area contributed by atoms with Crippen LogP contribution in [0.15, 0.2) is 230 Å². The van der Waals surface area contributed by atoms with E-state index in [-0.39, 0.29) is 35.6 Å². The number of halogens is 4. The summed E-state index contributed by atoms with van der Waals surface area (Å²) in [6.45, 7) is 19.8. The van der Waals surface area contributed by atoms with Crippen molar-refractivity contribution in [2.75, 3.05) is 0 Å². The van der Waals surface area contributed by atoms with Gasteiger partial charge < -0.3 is 23.5 Å². The monoisotopic (exact) mass is 1310 g/mol. The van der Waals surface area contributed by atoms with E-state index in [0.29, 0.717) is 0 Å². The van der Waals surface area contributed by atoms with Crippen molar-refractivity contribution in [3.05, 3.63) is 230 Å². The van der Waals surface area contributed by atoms with Crippen molar-refractivity contribution in [3.8, 4) is 11.1 Å². The van der Waals surface area contributed by atoms with Gasteiger partial charge in [-0.05, 0) is 221 Å². The molecule has 0 spiro atoms. The molecule has 0 aliphatic carbocycles. The molecular formula is C70H67BBr4O5. The summed E-state index contributed by atoms with van der Waals surface area (Å²) in [7, 11) is -0.351. The SMILES string of the molecule is Brc1c2ccccc2cc2ccccc12.Brc1ccc(-c2c3ccccc3cc3ccccc23)cc1.Brc1ccc(Br)cc1.CC(C)OC1OC(C)(C)C(C)(C)O1.CC1(C)OB(c2c3ccccc3cc3ccccc23)OC1(C)C. The lowest BCUT2D eigenvalue weighted by molar-refractivity contribution is -0.267. The van der Waals surface area contributed by atoms with E-state index >= 15 is 0 Å². The Morgan fingerprint density at radius 1 is 0.375 bits per heavy atom. The molecule has 11 aromatic carbocycles. The van der Waals surface area contributed by atoms with Crippen LogP contribution in [0.5, 0.6) is 0 Å². The molecule has 5 nitrogen and oxygen atoms in total. The van der Waals surface area contributed by atoms with Crippen LogP contribution in [-0.4, -0.2) is 42.1 Å². The number of hydrogen-bond donors (Lipinski definition) is 0. The van der Waals surface area contributed by atoms with E-state index in [2.05, 4.69) is 279 Å². The molecule has 0 amide bonds. The Labute approximate surface area is 506 Å². The fourth-order valence-corrected chi connectivity index (χ4v) is 11.2. The summed E-state index contributed by atoms with van der Waals surface area (Å²) in [4.78, 5) is 0. The fourth-order valence-electron chi connectivity index (χ4n) is 9.66. The Bertz CT molecular complexity index is 3720. The zero-order valence-corrected chi connectivity index (χ0v) is 53.3. The van der Waals surface area contributed by atoms with Gasteiger partial charge in [0.05, 0.1) is 28.5 Å². The zero-order chi connectivity index (χ0) is 57.0. The second kappa shape index (κ2) is 25.1. The Hall–Kier alpha value is -5.24. The molecule has 11 aromatic rings. The molecule has 80 heavy (non-hydrogen) atoms. The third-order valence-electron chi connectivity index (χ3n) is 15.3. The van der Waals surface area contributed by atoms with E-state index < -0.39 is 6.48 Å². The van der Waals surface area contributed by atoms with Crippen molar-refractivity contribution in [1.82, 2.24) is 0 Å². The average Bonchev–Trinajstić information content (AvgIpc) is 3.96. The predicted molar refractivity (Wildman–Crippen MR) is 353 cm³/mol. The molecule has 0 bridgehead atoms. The third kappa shape index (κ3) is 13.5. The Balaban J connectivity index is 0.000000126. The number of rotatable bonds is 4. The minimum absolute atomic E-state index is 0.120. The highest BCUT2D eigenvalue weighted by atomic mass is 79.9. The molecule has 2 fully saturated rings. The quantitative estimate of drug-likeness (QED) is 0.130. The van der Waals surface area contributed by atoms with Crippen LogP contribution in [0.4, 0.5) is 0 Å². The molecule has 2 saturated heterocycles. The summed E-state index contributed by atoms with van der Waals surface area (Å²) in [6.07, 6.45) is 0.120. The molecule has 2 aliphatic rings. The van der Waals surface area contributed by atoms with Crippen molar-refractivity contribution in [3.63, 3.8) is 0 Å². The topological polar surface area (TPSA) is 46.2 Å². The van der Waals surface area contributed by atoms with Gasteiger partial charge in [0.15, 0.2) is 0 Å². The molecule has 13 rings (SSSR count). The summed E-state index contributed by atoms with van der Waals surface area (Å²) < 4.78 is 33.9. The van der Waals surface area contributed by atoms with Gasteiger partial charge in [-0.15, -0.1) is 0 Å². The Morgan fingerprint density at radius 3 is 1.01 bits per heavy atom. The van der Waals surface area contributed by atoms with Crippen LogP contribution in [-0.2, 0) is 23.5 Å². The summed E-state index contributed by atoms with van der Waals surface area (Å²) >= 11 is 13.8. The van der Waals surface area contributed by atoms with Gasteiger partial charge in [0.1, 0.15) is 0 Å². The normalized spacial score (nSPS) is 15.9. The largest absolute Gasteiger partial charge is 0.496 e. The van der Waals surface area contributed by atoms with Crippen molar-refractivity contribution < 1.29 is 23.5 Å². The van der Waals surface area contributed by atoms with Gasteiger partial charge in [-0.1, -0.05) is 206 Å². The van der Waals surface area contributed by atoms with Crippen molar-refractivity contribution >= 4 is 141 Å². The van der Waals surface area contributed by atoms with Crippen molar-refractivity contribution in [1.29, 1.82) is 0 Å². The predicted octanol–water partition coefficient (Wildman–Crippen LogP) is 21.0. The molecule has 0 unspecified atom stereocenters. The van der Waals surface area contributed by atoms with E-state index in [4.69, 9.17) is 23.5 Å². The summed E-state index contributed by atoms with van der Waals surface area (Å²) in [5, 5.41) is 15.1. The molecule has 0 saturated carbocycles. The maximum Gasteiger partial charge on any atom is 0.496 e. The van der Waals surface area contributed by atoms with E-state index in [0.717, 1.165) is 18.9 Å². The first-order valence-electron chi connectivity index (χ1n) is 27.0. The first kappa shape index (κ1) is 59.4. The Kier molecular flexibility index (Phi) is 18.6. The molecule has 10 heteroatoms. The van der Waals surface area contributed by atoms with Gasteiger partial charge in [0.2, 0.25) is 0 Å². The number of benzene rings is 11. The first-order chi connectivity index (χ1) is 38.1. The van der Waals surface area contributed by atoms with Crippen molar-refractivity contribution in [2.45, 2.75) is 104 Å². The standard InChI is InChI=1S/C20H21BO2.C20H13Br.C14H9Br.C10H20O3.C6H4Br2/c1-19(2)20(3,4)23-21(22-19)18-16-11-7-5-9-14(16)13-15-10-6-8-12-17(15)18;21-17-11-9-14(10-12-17)20-18-7-3-1-5-15(18)13-16-6-2-4-8-19(16)20;15-14-12-7-3-1-5-10(12)9-11-6-2-4-8-13(11)14;1-7(2)11-8-12-9(3,4)10(5,6)13-8;7-5-1-2-6(8)4-3-5/h5-13H,1-4H3;1-13H;1-9H;7-8H,1-6H3;1-4H. The van der Waals surface area contributed by atoms with Crippen molar-refractivity contribution in [2.24, 2.45) is 0 Å². The van der Waals surface area contributed by atoms with Gasteiger partial charge in [-0.2, -0.15) is 0 Å². The molecule has 0 radical (unpaired) electrons. The van der Waals surface area contributed by atoms with Crippen LogP contribution in [0.2, 0.25) is 0 Å². The lowest BCUT2D eigenvalue weighted by Gasteiger charge is -2.32. The number of fused-ring (bicyclic) bond motifs is 6. The highest BCUT2D eigenvalue weighted by Gasteiger charge is 2.53. The van der Waals surface area contributed by atoms with E-state index in [1.165, 1.54) is 80.2 Å². The van der Waals surface area contributed by atoms with E-state index in [1.54, 1.807) is 0 Å². The van der Waals surface area contributed by atoms with Crippen LogP contribution >= 0.6 is 63.7 Å². The molecule has 2 heterocycles. The molecular weight excluding hydrogens is 1250 g/mol. The van der Waals surface area contributed by atoms with Crippen LogP contribution in [0.3, 0.4) is 0 Å². The lowest BCUT2D eigenvalue weighted by Crippen LogP contribution is -2.41. The summed E-state index contributed by atoms with van der Waals surface area (Å²) in [5.41, 5.74) is 2.43. The lowest BCUT2D eigenvalue weighted by atomic mass is 9.73. The number of ether oxygens (including phenoxy) is 3. The van der Waals surface area contributed by atoms with Gasteiger partial charge in [0, 0.05) is 17.9 Å². The summed E-state index contributed by atoms with van der Waals surface area (Å²) in [5.74, 6) is 0. The molecule has 0 aromatic heterocycles. The zero-order valence-electron chi connectivity index (χ0n) is 47.0. The second-order valence-corrected chi connectivity index (χ2v) is 25.9. The summed E-state index contributed by atoms with van der Waals surface area (Å²) in [6, 6.07) is 74.2. The highest BCUT2D eigenvalue weighted by Crippen LogP contribution is 2.41. The van der Waals surface area contributed by atoms with Crippen LogP contribution in [0.1, 0.15) is 69.2 Å². The average molecular weight is 1320 g/mol. The second-order valence-electron chi connectivity index (χ2n) is 22.3. The first-order valence-corrected chi connectivity index (χ1v) is 30.2. The number of hydrogen-bond acceptors (Lipinski definition) is 5.